The lowest BCUT2D eigenvalue weighted by Crippen LogP contribution is -2.46. The molecular weight excluding hydrogens is 459 g/mol. The summed E-state index contributed by atoms with van der Waals surface area (Å²) in [5, 5.41) is 2.98. The second-order valence-electron chi connectivity index (χ2n) is 9.01. The van der Waals surface area contributed by atoms with Gasteiger partial charge in [-0.15, -0.1) is 0 Å². The van der Waals surface area contributed by atoms with Gasteiger partial charge in [0, 0.05) is 42.7 Å². The maximum atomic E-state index is 13.1. The van der Waals surface area contributed by atoms with E-state index in [1.807, 2.05) is 35.9 Å². The van der Waals surface area contributed by atoms with E-state index in [-0.39, 0.29) is 23.7 Å². The number of piperidine rings is 1. The predicted molar refractivity (Wildman–Crippen MR) is 133 cm³/mol. The summed E-state index contributed by atoms with van der Waals surface area (Å²) in [7, 11) is 0. The van der Waals surface area contributed by atoms with Crippen molar-refractivity contribution in [2.24, 2.45) is 0 Å². The van der Waals surface area contributed by atoms with E-state index in [1.54, 1.807) is 29.2 Å². The average molecular weight is 487 g/mol. The Bertz CT molecular complexity index is 1370. The number of nitrogens with zero attached hydrogens (tertiary/aromatic N) is 3. The number of fused-ring (bicyclic) bond motifs is 1. The standard InChI is InChI=1S/C28H27FN4O3/c1-19-3-2-14-33-17-24(30-26(19)33)18-36-25-10-6-21(7-11-25)28(35)32-15-12-23(13-16-32)31-27(34)20-4-8-22(29)9-5-20/h2-11,14,17,23H,12-13,15-16,18H2,1H3,(H,31,34). The largest absolute Gasteiger partial charge is 0.487 e. The highest BCUT2D eigenvalue weighted by Gasteiger charge is 2.25. The Morgan fingerprint density at radius 1 is 1.03 bits per heavy atom. The van der Waals surface area contributed by atoms with E-state index in [2.05, 4.69) is 10.3 Å². The Balaban J connectivity index is 1.11. The molecule has 2 aromatic carbocycles. The number of benzene rings is 2. The minimum Gasteiger partial charge on any atom is -0.487 e. The molecule has 1 aliphatic rings. The van der Waals surface area contributed by atoms with E-state index in [0.717, 1.165) is 16.9 Å². The van der Waals surface area contributed by atoms with Gasteiger partial charge in [0.05, 0.1) is 5.69 Å². The first-order valence-electron chi connectivity index (χ1n) is 12.0. The topological polar surface area (TPSA) is 75.9 Å². The van der Waals surface area contributed by atoms with Crippen molar-refractivity contribution in [3.63, 3.8) is 0 Å². The van der Waals surface area contributed by atoms with Crippen LogP contribution >= 0.6 is 0 Å². The Kier molecular flexibility index (Phi) is 6.66. The molecule has 8 heteroatoms. The SMILES string of the molecule is Cc1cccn2cc(COc3ccc(C(=O)N4CCC(NC(=O)c5ccc(F)cc5)CC4)cc3)nc12. The third kappa shape index (κ3) is 5.22. The molecule has 0 radical (unpaired) electrons. The molecule has 1 saturated heterocycles. The smallest absolute Gasteiger partial charge is 0.253 e. The summed E-state index contributed by atoms with van der Waals surface area (Å²) >= 11 is 0. The fraction of sp³-hybridized carbons (Fsp3) is 0.250. The number of aromatic nitrogens is 2. The van der Waals surface area contributed by atoms with Crippen LogP contribution in [0, 0.1) is 12.7 Å². The second kappa shape index (κ2) is 10.2. The molecular formula is C28H27FN4O3. The highest BCUT2D eigenvalue weighted by atomic mass is 19.1. The van der Waals surface area contributed by atoms with E-state index >= 15 is 0 Å². The molecule has 2 aromatic heterocycles. The summed E-state index contributed by atoms with van der Waals surface area (Å²) in [6, 6.07) is 16.6. The van der Waals surface area contributed by atoms with Crippen molar-refractivity contribution in [2.75, 3.05) is 13.1 Å². The zero-order chi connectivity index (χ0) is 25.1. The first kappa shape index (κ1) is 23.5. The van der Waals surface area contributed by atoms with Gasteiger partial charge in [-0.3, -0.25) is 9.59 Å². The fourth-order valence-electron chi connectivity index (χ4n) is 4.40. The van der Waals surface area contributed by atoms with Crippen molar-refractivity contribution in [1.29, 1.82) is 0 Å². The van der Waals surface area contributed by atoms with E-state index in [4.69, 9.17) is 4.74 Å². The molecule has 4 aromatic rings. The minimum absolute atomic E-state index is 0.0224. The van der Waals surface area contributed by atoms with Crippen LogP contribution in [0.5, 0.6) is 5.75 Å². The zero-order valence-electron chi connectivity index (χ0n) is 20.0. The molecule has 0 aliphatic carbocycles. The van der Waals surface area contributed by atoms with Gasteiger partial charge in [0.25, 0.3) is 11.8 Å². The summed E-state index contributed by atoms with van der Waals surface area (Å²) in [6.07, 6.45) is 5.24. The molecule has 1 fully saturated rings. The number of halogens is 1. The van der Waals surface area contributed by atoms with Gasteiger partial charge in [0.1, 0.15) is 23.8 Å². The highest BCUT2D eigenvalue weighted by molar-refractivity contribution is 5.95. The normalized spacial score (nSPS) is 14.1. The molecule has 36 heavy (non-hydrogen) atoms. The second-order valence-corrected chi connectivity index (χ2v) is 9.01. The maximum absolute atomic E-state index is 13.1. The monoisotopic (exact) mass is 486 g/mol. The molecule has 0 unspecified atom stereocenters. The number of amides is 2. The van der Waals surface area contributed by atoms with E-state index < -0.39 is 0 Å². The van der Waals surface area contributed by atoms with Crippen molar-refractivity contribution >= 4 is 17.5 Å². The van der Waals surface area contributed by atoms with Crippen LogP contribution < -0.4 is 10.1 Å². The number of hydrogen-bond acceptors (Lipinski definition) is 4. The molecule has 1 N–H and O–H groups in total. The van der Waals surface area contributed by atoms with Crippen LogP contribution in [-0.2, 0) is 6.61 Å². The molecule has 5 rings (SSSR count). The Morgan fingerprint density at radius 3 is 2.42 bits per heavy atom. The molecule has 0 saturated carbocycles. The minimum atomic E-state index is -0.375. The number of rotatable bonds is 6. The maximum Gasteiger partial charge on any atom is 0.253 e. The van der Waals surface area contributed by atoms with Gasteiger partial charge in [-0.05, 0) is 79.9 Å². The zero-order valence-corrected chi connectivity index (χ0v) is 20.0. The average Bonchev–Trinajstić information content (AvgIpc) is 3.33. The summed E-state index contributed by atoms with van der Waals surface area (Å²) in [6.45, 7) is 3.47. The molecule has 0 spiro atoms. The van der Waals surface area contributed by atoms with Gasteiger partial charge in [0.15, 0.2) is 0 Å². The van der Waals surface area contributed by atoms with Crippen molar-refractivity contribution < 1.29 is 18.7 Å². The highest BCUT2D eigenvalue weighted by Crippen LogP contribution is 2.19. The van der Waals surface area contributed by atoms with Gasteiger partial charge < -0.3 is 19.4 Å². The number of likely N-dealkylation sites (tertiary alicyclic amines) is 1. The number of pyridine rings is 1. The molecule has 184 valence electrons. The Morgan fingerprint density at radius 2 is 1.72 bits per heavy atom. The van der Waals surface area contributed by atoms with Crippen LogP contribution in [0.1, 0.15) is 44.8 Å². The third-order valence-electron chi connectivity index (χ3n) is 6.44. The Hall–Kier alpha value is -4.20. The van der Waals surface area contributed by atoms with Crippen molar-refractivity contribution in [3.8, 4) is 5.75 Å². The third-order valence-corrected chi connectivity index (χ3v) is 6.44. The van der Waals surface area contributed by atoms with Gasteiger partial charge in [0.2, 0.25) is 0 Å². The van der Waals surface area contributed by atoms with Gasteiger partial charge in [-0.1, -0.05) is 6.07 Å². The molecule has 1 aliphatic heterocycles. The number of aryl methyl sites for hydroxylation is 1. The molecule has 0 bridgehead atoms. The van der Waals surface area contributed by atoms with Crippen LogP contribution in [0.15, 0.2) is 73.1 Å². The summed E-state index contributed by atoms with van der Waals surface area (Å²) in [4.78, 5) is 31.7. The van der Waals surface area contributed by atoms with Gasteiger partial charge in [-0.25, -0.2) is 9.37 Å². The van der Waals surface area contributed by atoms with Gasteiger partial charge >= 0.3 is 0 Å². The number of ether oxygens (including phenoxy) is 1. The molecule has 3 heterocycles. The first-order valence-corrected chi connectivity index (χ1v) is 12.0. The number of carbonyl (C=O) groups excluding carboxylic acids is 2. The molecule has 7 nitrogen and oxygen atoms in total. The lowest BCUT2D eigenvalue weighted by molar-refractivity contribution is 0.0698. The van der Waals surface area contributed by atoms with Crippen LogP contribution in [0.2, 0.25) is 0 Å². The number of imidazole rings is 1. The van der Waals surface area contributed by atoms with Crippen LogP contribution in [0.4, 0.5) is 4.39 Å². The van der Waals surface area contributed by atoms with Crippen LogP contribution in [0.3, 0.4) is 0 Å². The van der Waals surface area contributed by atoms with Crippen LogP contribution in [0.25, 0.3) is 5.65 Å². The quantitative estimate of drug-likeness (QED) is 0.439. The lowest BCUT2D eigenvalue weighted by Gasteiger charge is -2.32. The summed E-state index contributed by atoms with van der Waals surface area (Å²) < 4.78 is 20.9. The predicted octanol–water partition coefficient (Wildman–Crippen LogP) is 4.40. The van der Waals surface area contributed by atoms with E-state index in [0.29, 0.717) is 49.4 Å². The number of carbonyl (C=O) groups is 2. The molecule has 2 amide bonds. The Labute approximate surface area is 208 Å². The van der Waals surface area contributed by atoms with Gasteiger partial charge in [-0.2, -0.15) is 0 Å². The van der Waals surface area contributed by atoms with Crippen molar-refractivity contribution in [1.82, 2.24) is 19.6 Å². The van der Waals surface area contributed by atoms with Crippen LogP contribution in [-0.4, -0.2) is 45.2 Å². The number of hydrogen-bond donors (Lipinski definition) is 1. The van der Waals surface area contributed by atoms with Crippen molar-refractivity contribution in [3.05, 3.63) is 101 Å². The van der Waals surface area contributed by atoms with E-state index in [9.17, 15) is 14.0 Å². The summed E-state index contributed by atoms with van der Waals surface area (Å²) in [5.74, 6) is 0.0252. The number of nitrogens with one attached hydrogen (secondary N) is 1. The lowest BCUT2D eigenvalue weighted by atomic mass is 10.0. The van der Waals surface area contributed by atoms with Crippen molar-refractivity contribution in [2.45, 2.75) is 32.4 Å². The first-order chi connectivity index (χ1) is 17.5. The van der Waals surface area contributed by atoms with E-state index in [1.165, 1.54) is 24.3 Å². The fourth-order valence-corrected chi connectivity index (χ4v) is 4.40. The summed E-state index contributed by atoms with van der Waals surface area (Å²) in [5.41, 5.74) is 3.87. The molecule has 0 atom stereocenters.